The van der Waals surface area contributed by atoms with Gasteiger partial charge in [0.2, 0.25) is 5.69 Å². The van der Waals surface area contributed by atoms with Gasteiger partial charge in [0, 0.05) is 20.3 Å². The van der Waals surface area contributed by atoms with Crippen LogP contribution >= 0.6 is 0 Å². The van der Waals surface area contributed by atoms with Gasteiger partial charge in [0.05, 0.1) is 6.92 Å². The zero-order chi connectivity index (χ0) is 9.14. The van der Waals surface area contributed by atoms with E-state index in [4.69, 9.17) is 4.42 Å². The molecule has 2 nitrogen and oxygen atoms in total. The molecule has 0 radical (unpaired) electrons. The summed E-state index contributed by atoms with van der Waals surface area (Å²) in [5.41, 5.74) is 1.26. The Hall–Kier alpha value is -0.790. The minimum Gasteiger partial charge on any atom is -0.407 e. The molecule has 0 amide bonds. The number of hydrogen-bond donors (Lipinski definition) is 0. The Morgan fingerprint density at radius 1 is 1.25 bits per heavy atom. The van der Waals surface area contributed by atoms with Gasteiger partial charge in [-0.15, -0.1) is 0 Å². The highest BCUT2D eigenvalue weighted by molar-refractivity contribution is 4.96. The molecule has 0 N–H and O–H groups in total. The SMILES string of the molecule is CCCC[n+]1c(C)oc(C)c1C. The van der Waals surface area contributed by atoms with Gasteiger partial charge in [0.1, 0.15) is 0 Å². The van der Waals surface area contributed by atoms with E-state index in [1.165, 1.54) is 18.5 Å². The zero-order valence-electron chi connectivity index (χ0n) is 8.48. The molecule has 1 heterocycles. The molecule has 1 aromatic rings. The molecule has 0 aliphatic carbocycles. The van der Waals surface area contributed by atoms with E-state index < -0.39 is 0 Å². The molecular weight excluding hydrogens is 150 g/mol. The highest BCUT2D eigenvalue weighted by Gasteiger charge is 2.17. The van der Waals surface area contributed by atoms with Gasteiger partial charge in [-0.2, -0.15) is 4.57 Å². The van der Waals surface area contributed by atoms with Gasteiger partial charge in [0.15, 0.2) is 12.3 Å². The number of nitrogens with zero attached hydrogens (tertiary/aromatic N) is 1. The van der Waals surface area contributed by atoms with Crippen LogP contribution in [0.2, 0.25) is 0 Å². The van der Waals surface area contributed by atoms with E-state index in [1.807, 2.05) is 13.8 Å². The van der Waals surface area contributed by atoms with Crippen LogP contribution in [-0.4, -0.2) is 0 Å². The Bertz CT molecular complexity index is 263. The second-order valence-corrected chi connectivity index (χ2v) is 3.27. The summed E-state index contributed by atoms with van der Waals surface area (Å²) in [6, 6.07) is 0. The number of hydrogen-bond acceptors (Lipinski definition) is 1. The summed E-state index contributed by atoms with van der Waals surface area (Å²) in [6.07, 6.45) is 2.46. The monoisotopic (exact) mass is 168 g/mol. The third-order valence-electron chi connectivity index (χ3n) is 2.33. The van der Waals surface area contributed by atoms with Gasteiger partial charge < -0.3 is 4.42 Å². The van der Waals surface area contributed by atoms with Crippen molar-refractivity contribution in [2.24, 2.45) is 0 Å². The van der Waals surface area contributed by atoms with Crippen LogP contribution in [0, 0.1) is 20.8 Å². The van der Waals surface area contributed by atoms with E-state index in [2.05, 4.69) is 18.4 Å². The summed E-state index contributed by atoms with van der Waals surface area (Å²) < 4.78 is 7.75. The van der Waals surface area contributed by atoms with E-state index in [9.17, 15) is 0 Å². The van der Waals surface area contributed by atoms with E-state index in [1.54, 1.807) is 0 Å². The smallest absolute Gasteiger partial charge is 0.344 e. The van der Waals surface area contributed by atoms with Crippen molar-refractivity contribution in [3.8, 4) is 0 Å². The summed E-state index contributed by atoms with van der Waals surface area (Å²) in [4.78, 5) is 0. The van der Waals surface area contributed by atoms with Crippen molar-refractivity contribution in [1.82, 2.24) is 0 Å². The standard InChI is InChI=1S/C10H18NO/c1-5-6-7-11-8(2)9(3)12-10(11)4/h5-7H2,1-4H3/q+1. The third-order valence-corrected chi connectivity index (χ3v) is 2.33. The van der Waals surface area contributed by atoms with Crippen molar-refractivity contribution in [2.45, 2.75) is 47.1 Å². The van der Waals surface area contributed by atoms with E-state index in [-0.39, 0.29) is 0 Å². The molecule has 12 heavy (non-hydrogen) atoms. The summed E-state index contributed by atoms with van der Waals surface area (Å²) in [7, 11) is 0. The molecule has 0 saturated carbocycles. The highest BCUT2D eigenvalue weighted by atomic mass is 16.4. The largest absolute Gasteiger partial charge is 0.407 e. The Morgan fingerprint density at radius 2 is 1.92 bits per heavy atom. The zero-order valence-corrected chi connectivity index (χ0v) is 8.48. The number of rotatable bonds is 3. The van der Waals surface area contributed by atoms with Crippen molar-refractivity contribution in [3.63, 3.8) is 0 Å². The van der Waals surface area contributed by atoms with Crippen LogP contribution in [0.1, 0.15) is 37.1 Å². The lowest BCUT2D eigenvalue weighted by Gasteiger charge is -1.92. The molecule has 0 aliphatic rings. The van der Waals surface area contributed by atoms with Crippen LogP contribution in [0.15, 0.2) is 4.42 Å². The van der Waals surface area contributed by atoms with Gasteiger partial charge in [-0.1, -0.05) is 13.3 Å². The van der Waals surface area contributed by atoms with Crippen molar-refractivity contribution in [3.05, 3.63) is 17.3 Å². The molecule has 0 aromatic carbocycles. The molecule has 0 fully saturated rings. The first kappa shape index (κ1) is 9.30. The number of oxazole rings is 1. The molecule has 0 unspecified atom stereocenters. The summed E-state index contributed by atoms with van der Waals surface area (Å²) >= 11 is 0. The Balaban J connectivity index is 2.82. The third kappa shape index (κ3) is 1.68. The summed E-state index contributed by atoms with van der Waals surface area (Å²) in [5, 5.41) is 0. The van der Waals surface area contributed by atoms with Crippen molar-refractivity contribution in [2.75, 3.05) is 0 Å². The Labute approximate surface area is 74.2 Å². The van der Waals surface area contributed by atoms with E-state index >= 15 is 0 Å². The first-order valence-corrected chi connectivity index (χ1v) is 4.63. The Kier molecular flexibility index (Phi) is 2.90. The molecule has 0 saturated heterocycles. The average molecular weight is 168 g/mol. The molecule has 0 atom stereocenters. The molecular formula is C10H18NO+. The second kappa shape index (κ2) is 3.74. The molecule has 1 aromatic heterocycles. The molecule has 1 rings (SSSR count). The lowest BCUT2D eigenvalue weighted by molar-refractivity contribution is -0.711. The maximum Gasteiger partial charge on any atom is 0.344 e. The van der Waals surface area contributed by atoms with Gasteiger partial charge in [-0.25, -0.2) is 0 Å². The van der Waals surface area contributed by atoms with Crippen LogP contribution in [0.5, 0.6) is 0 Å². The van der Waals surface area contributed by atoms with Crippen LogP contribution in [0.25, 0.3) is 0 Å². The minimum absolute atomic E-state index is 1.03. The predicted octanol–water partition coefficient (Wildman–Crippen LogP) is 2.29. The summed E-state index contributed by atoms with van der Waals surface area (Å²) in [5.74, 6) is 2.07. The van der Waals surface area contributed by atoms with Crippen molar-refractivity contribution >= 4 is 0 Å². The molecule has 0 aliphatic heterocycles. The van der Waals surface area contributed by atoms with Gasteiger partial charge in [-0.3, -0.25) is 0 Å². The lowest BCUT2D eigenvalue weighted by Crippen LogP contribution is -2.37. The second-order valence-electron chi connectivity index (χ2n) is 3.27. The highest BCUT2D eigenvalue weighted by Crippen LogP contribution is 2.05. The Morgan fingerprint density at radius 3 is 2.33 bits per heavy atom. The quantitative estimate of drug-likeness (QED) is 0.633. The van der Waals surface area contributed by atoms with Crippen LogP contribution < -0.4 is 4.57 Å². The number of aromatic nitrogens is 1. The first-order chi connectivity index (χ1) is 5.66. The normalized spacial score (nSPS) is 10.7. The molecule has 68 valence electrons. The van der Waals surface area contributed by atoms with E-state index in [0.717, 1.165) is 18.2 Å². The predicted molar refractivity (Wildman–Crippen MR) is 48.0 cm³/mol. The van der Waals surface area contributed by atoms with Crippen LogP contribution in [-0.2, 0) is 6.54 Å². The minimum atomic E-state index is 1.03. The van der Waals surface area contributed by atoms with Crippen molar-refractivity contribution < 1.29 is 8.98 Å². The van der Waals surface area contributed by atoms with Crippen LogP contribution in [0.4, 0.5) is 0 Å². The topological polar surface area (TPSA) is 17.0 Å². The fourth-order valence-corrected chi connectivity index (χ4v) is 1.42. The first-order valence-electron chi connectivity index (χ1n) is 4.63. The lowest BCUT2D eigenvalue weighted by atomic mass is 10.3. The van der Waals surface area contributed by atoms with Gasteiger partial charge in [0.25, 0.3) is 0 Å². The molecule has 0 spiro atoms. The molecule has 2 heteroatoms. The maximum atomic E-state index is 5.51. The fraction of sp³-hybridized carbons (Fsp3) is 0.700. The van der Waals surface area contributed by atoms with Crippen LogP contribution in [0.3, 0.4) is 0 Å². The van der Waals surface area contributed by atoms with Gasteiger partial charge in [-0.05, 0) is 0 Å². The fourth-order valence-electron chi connectivity index (χ4n) is 1.42. The molecule has 0 bridgehead atoms. The average Bonchev–Trinajstić information content (AvgIpc) is 2.25. The summed E-state index contributed by atoms with van der Waals surface area (Å²) in [6.45, 7) is 9.45. The number of unbranched alkanes of at least 4 members (excludes halogenated alkanes) is 1. The van der Waals surface area contributed by atoms with Crippen molar-refractivity contribution in [1.29, 1.82) is 0 Å². The van der Waals surface area contributed by atoms with E-state index in [0.29, 0.717) is 0 Å². The maximum absolute atomic E-state index is 5.51. The van der Waals surface area contributed by atoms with Gasteiger partial charge >= 0.3 is 5.89 Å². The number of aryl methyl sites for hydroxylation is 2.